The van der Waals surface area contributed by atoms with E-state index in [1.807, 2.05) is 10.7 Å². The molecule has 2 aromatic heterocycles. The van der Waals surface area contributed by atoms with Gasteiger partial charge in [-0.3, -0.25) is 9.48 Å². The molecule has 3 heterocycles. The van der Waals surface area contributed by atoms with Gasteiger partial charge in [0.05, 0.1) is 24.5 Å². The van der Waals surface area contributed by atoms with Crippen molar-refractivity contribution in [2.45, 2.75) is 32.7 Å². The van der Waals surface area contributed by atoms with Crippen molar-refractivity contribution in [3.05, 3.63) is 41.1 Å². The molecule has 1 aliphatic rings. The highest BCUT2D eigenvalue weighted by atomic mass is 16.4. The maximum atomic E-state index is 12.2. The van der Waals surface area contributed by atoms with Gasteiger partial charge in [0.2, 0.25) is 0 Å². The highest BCUT2D eigenvalue weighted by Gasteiger charge is 2.22. The molecule has 3 rings (SSSR count). The molecule has 1 aliphatic heterocycles. The standard InChI is InChI=1S/C17H23N5O4/c1-20(2)17(25)21-6-3-7-22-13(10-21)8-12(19-22)9-18-16(24)15-5-4-14(11-23)26-15/h4-5,8,23H,3,6-7,9-11H2,1-2H3,(H,18,24). The second kappa shape index (κ2) is 7.61. The minimum atomic E-state index is -0.364. The maximum absolute atomic E-state index is 12.2. The third kappa shape index (κ3) is 3.88. The summed E-state index contributed by atoms with van der Waals surface area (Å²) in [5, 5.41) is 16.2. The normalized spacial score (nSPS) is 13.9. The van der Waals surface area contributed by atoms with Crippen molar-refractivity contribution in [2.24, 2.45) is 0 Å². The van der Waals surface area contributed by atoms with Crippen molar-refractivity contribution in [2.75, 3.05) is 20.6 Å². The molecule has 0 aliphatic carbocycles. The lowest BCUT2D eigenvalue weighted by atomic mass is 10.3. The molecule has 0 bridgehead atoms. The number of carbonyl (C=O) groups is 2. The Morgan fingerprint density at radius 3 is 2.85 bits per heavy atom. The number of aromatic nitrogens is 2. The average molecular weight is 361 g/mol. The zero-order valence-electron chi connectivity index (χ0n) is 14.9. The molecule has 2 aromatic rings. The van der Waals surface area contributed by atoms with Crippen molar-refractivity contribution in [1.29, 1.82) is 0 Å². The highest BCUT2D eigenvalue weighted by molar-refractivity contribution is 5.91. The minimum absolute atomic E-state index is 0.0213. The van der Waals surface area contributed by atoms with Crippen LogP contribution in [0.2, 0.25) is 0 Å². The summed E-state index contributed by atoms with van der Waals surface area (Å²) < 4.78 is 7.10. The van der Waals surface area contributed by atoms with Crippen LogP contribution in [0, 0.1) is 0 Å². The van der Waals surface area contributed by atoms with E-state index in [0.29, 0.717) is 18.8 Å². The molecule has 0 radical (unpaired) electrons. The smallest absolute Gasteiger partial charge is 0.319 e. The quantitative estimate of drug-likeness (QED) is 0.838. The number of hydrogen-bond donors (Lipinski definition) is 2. The lowest BCUT2D eigenvalue weighted by molar-refractivity contribution is 0.0918. The molecule has 0 aromatic carbocycles. The number of aliphatic hydroxyl groups is 1. The SMILES string of the molecule is CN(C)C(=O)N1CCCn2nc(CNC(=O)c3ccc(CO)o3)cc2C1. The van der Waals surface area contributed by atoms with Crippen LogP contribution in [0.3, 0.4) is 0 Å². The number of rotatable bonds is 4. The van der Waals surface area contributed by atoms with E-state index in [9.17, 15) is 9.59 Å². The molecule has 0 saturated carbocycles. The van der Waals surface area contributed by atoms with E-state index in [-0.39, 0.29) is 30.9 Å². The topological polar surface area (TPSA) is 104 Å². The largest absolute Gasteiger partial charge is 0.453 e. The van der Waals surface area contributed by atoms with E-state index in [2.05, 4.69) is 10.4 Å². The Kier molecular flexibility index (Phi) is 5.27. The summed E-state index contributed by atoms with van der Waals surface area (Å²) in [6.07, 6.45) is 0.830. The number of fused-ring (bicyclic) bond motifs is 1. The average Bonchev–Trinajstić information content (AvgIpc) is 3.21. The van der Waals surface area contributed by atoms with Gasteiger partial charge >= 0.3 is 6.03 Å². The van der Waals surface area contributed by atoms with E-state index < -0.39 is 0 Å². The Balaban J connectivity index is 1.63. The second-order valence-corrected chi connectivity index (χ2v) is 6.41. The van der Waals surface area contributed by atoms with Gasteiger partial charge in [0, 0.05) is 27.2 Å². The fourth-order valence-corrected chi connectivity index (χ4v) is 2.90. The molecule has 3 amide bonds. The zero-order valence-corrected chi connectivity index (χ0v) is 14.9. The highest BCUT2D eigenvalue weighted by Crippen LogP contribution is 2.15. The summed E-state index contributed by atoms with van der Waals surface area (Å²) in [5.41, 5.74) is 1.67. The van der Waals surface area contributed by atoms with Crippen LogP contribution < -0.4 is 5.32 Å². The van der Waals surface area contributed by atoms with Crippen LogP contribution >= 0.6 is 0 Å². The lowest BCUT2D eigenvalue weighted by Crippen LogP contribution is -2.38. The van der Waals surface area contributed by atoms with Gasteiger partial charge in [-0.1, -0.05) is 0 Å². The minimum Gasteiger partial charge on any atom is -0.453 e. The van der Waals surface area contributed by atoms with E-state index >= 15 is 0 Å². The molecule has 0 spiro atoms. The van der Waals surface area contributed by atoms with Crippen LogP contribution in [0.4, 0.5) is 4.79 Å². The first-order valence-electron chi connectivity index (χ1n) is 8.47. The summed E-state index contributed by atoms with van der Waals surface area (Å²) in [4.78, 5) is 27.6. The fourth-order valence-electron chi connectivity index (χ4n) is 2.90. The molecule has 0 atom stereocenters. The van der Waals surface area contributed by atoms with Gasteiger partial charge in [0.25, 0.3) is 5.91 Å². The molecule has 2 N–H and O–H groups in total. The van der Waals surface area contributed by atoms with Crippen molar-refractivity contribution >= 4 is 11.9 Å². The number of carbonyl (C=O) groups excluding carboxylic acids is 2. The van der Waals surface area contributed by atoms with Gasteiger partial charge in [-0.25, -0.2) is 4.79 Å². The Morgan fingerprint density at radius 1 is 1.35 bits per heavy atom. The van der Waals surface area contributed by atoms with Crippen LogP contribution in [0.5, 0.6) is 0 Å². The molecule has 140 valence electrons. The van der Waals surface area contributed by atoms with Crippen LogP contribution in [0.15, 0.2) is 22.6 Å². The lowest BCUT2D eigenvalue weighted by Gasteiger charge is -2.23. The van der Waals surface area contributed by atoms with Gasteiger partial charge in [-0.2, -0.15) is 5.10 Å². The summed E-state index contributed by atoms with van der Waals surface area (Å²) in [6.45, 7) is 1.94. The number of hydrogen-bond acceptors (Lipinski definition) is 5. The third-order valence-electron chi connectivity index (χ3n) is 4.19. The van der Waals surface area contributed by atoms with Crippen LogP contribution in [0.25, 0.3) is 0 Å². The first-order chi connectivity index (χ1) is 12.5. The van der Waals surface area contributed by atoms with E-state index in [1.54, 1.807) is 30.0 Å². The predicted molar refractivity (Wildman–Crippen MR) is 92.1 cm³/mol. The summed E-state index contributed by atoms with van der Waals surface area (Å²) in [5.74, 6) is 0.129. The number of nitrogens with one attached hydrogen (secondary N) is 1. The molecule has 26 heavy (non-hydrogen) atoms. The first-order valence-corrected chi connectivity index (χ1v) is 8.47. The van der Waals surface area contributed by atoms with Gasteiger partial charge in [0.1, 0.15) is 12.4 Å². The zero-order chi connectivity index (χ0) is 18.7. The van der Waals surface area contributed by atoms with Crippen LogP contribution in [-0.2, 0) is 26.2 Å². The molecule has 9 heteroatoms. The Hall–Kier alpha value is -2.81. The van der Waals surface area contributed by atoms with Crippen molar-refractivity contribution in [3.63, 3.8) is 0 Å². The van der Waals surface area contributed by atoms with Crippen molar-refractivity contribution < 1.29 is 19.1 Å². The molecule has 0 saturated heterocycles. The summed E-state index contributed by atoms with van der Waals surface area (Å²) in [7, 11) is 3.48. The summed E-state index contributed by atoms with van der Waals surface area (Å²) >= 11 is 0. The predicted octanol–water partition coefficient (Wildman–Crippen LogP) is 0.786. The number of urea groups is 1. The molecule has 0 unspecified atom stereocenters. The van der Waals surface area contributed by atoms with E-state index in [4.69, 9.17) is 9.52 Å². The molecular formula is C17H23N5O4. The Bertz CT molecular complexity index is 795. The fraction of sp³-hybridized carbons (Fsp3) is 0.471. The number of nitrogens with zero attached hydrogens (tertiary/aromatic N) is 4. The van der Waals surface area contributed by atoms with E-state index in [1.165, 1.54) is 6.07 Å². The summed E-state index contributed by atoms with van der Waals surface area (Å²) in [6, 6.07) is 4.97. The number of aliphatic hydroxyl groups excluding tert-OH is 1. The Morgan fingerprint density at radius 2 is 2.15 bits per heavy atom. The maximum Gasteiger partial charge on any atom is 0.319 e. The number of amides is 3. The van der Waals surface area contributed by atoms with Crippen molar-refractivity contribution in [3.8, 4) is 0 Å². The van der Waals surface area contributed by atoms with Crippen LogP contribution in [-0.4, -0.2) is 57.3 Å². The molecule has 0 fully saturated rings. The second-order valence-electron chi connectivity index (χ2n) is 6.41. The Labute approximate surface area is 151 Å². The van der Waals surface area contributed by atoms with Crippen LogP contribution in [0.1, 0.15) is 34.1 Å². The number of aryl methyl sites for hydroxylation is 1. The van der Waals surface area contributed by atoms with Gasteiger partial charge in [-0.15, -0.1) is 0 Å². The molecular weight excluding hydrogens is 338 g/mol. The van der Waals surface area contributed by atoms with Gasteiger partial charge in [0.15, 0.2) is 5.76 Å². The van der Waals surface area contributed by atoms with Crippen molar-refractivity contribution in [1.82, 2.24) is 24.9 Å². The van der Waals surface area contributed by atoms with Gasteiger partial charge in [-0.05, 0) is 24.6 Å². The number of furan rings is 1. The monoisotopic (exact) mass is 361 g/mol. The first kappa shape index (κ1) is 18.0. The third-order valence-corrected chi connectivity index (χ3v) is 4.19. The molecule has 9 nitrogen and oxygen atoms in total. The van der Waals surface area contributed by atoms with E-state index in [0.717, 1.165) is 24.4 Å². The van der Waals surface area contributed by atoms with Gasteiger partial charge < -0.3 is 24.6 Å².